The van der Waals surface area contributed by atoms with Gasteiger partial charge in [-0.3, -0.25) is 0 Å². The largest absolute Gasteiger partial charge is 0.311 e. The van der Waals surface area contributed by atoms with E-state index < -0.39 is 0 Å². The molecule has 8 rings (SSSR count). The molecule has 0 spiro atoms. The lowest BCUT2D eigenvalue weighted by Crippen LogP contribution is -2.61. The number of hydrogen-bond acceptors (Lipinski definition) is 2. The van der Waals surface area contributed by atoms with Crippen LogP contribution in [0.1, 0.15) is 76.0 Å². The molecule has 2 nitrogen and oxygen atoms in total. The molecule has 0 saturated heterocycles. The zero-order valence-corrected chi connectivity index (χ0v) is 30.5. The van der Waals surface area contributed by atoms with Gasteiger partial charge >= 0.3 is 0 Å². The molecule has 0 N–H and O–H groups in total. The number of unbranched alkanes of at least 4 members (excludes halogenated alkanes) is 3. The van der Waals surface area contributed by atoms with Crippen LogP contribution >= 0.6 is 0 Å². The van der Waals surface area contributed by atoms with Crippen molar-refractivity contribution in [1.29, 1.82) is 0 Å². The third-order valence-electron chi connectivity index (χ3n) is 11.0. The summed E-state index contributed by atoms with van der Waals surface area (Å²) in [6, 6.07) is 50.9. The standard InChI is InChI=1S/C48H49BN2/c1-4-7-16-35-25-29-39(30-26-35)50-44-31-27-36(17-8-5-2)33-41(44)49-42-34-37(18-9-6-3)28-32-45(42)51(47-24-15-23-46(50)48(47)49)43-22-14-13-21-40(43)38-19-11-10-12-20-38/h10-15,19-34H,4-9,16-18H2,1-3H3. The molecule has 6 aromatic carbocycles. The van der Waals surface area contributed by atoms with E-state index in [0.29, 0.717) is 0 Å². The molecule has 0 aromatic heterocycles. The highest BCUT2D eigenvalue weighted by molar-refractivity contribution is 7.00. The first kappa shape index (κ1) is 33.1. The molecular weight excluding hydrogens is 615 g/mol. The van der Waals surface area contributed by atoms with Crippen LogP contribution in [0.5, 0.6) is 0 Å². The average Bonchev–Trinajstić information content (AvgIpc) is 3.19. The van der Waals surface area contributed by atoms with E-state index in [2.05, 4.69) is 164 Å². The molecule has 2 heterocycles. The third-order valence-corrected chi connectivity index (χ3v) is 11.0. The number of hydrogen-bond donors (Lipinski definition) is 0. The molecule has 254 valence electrons. The third kappa shape index (κ3) is 6.18. The fraction of sp³-hybridized carbons (Fsp3) is 0.250. The minimum atomic E-state index is 0.143. The summed E-state index contributed by atoms with van der Waals surface area (Å²) in [5.41, 5.74) is 18.6. The van der Waals surface area contributed by atoms with Gasteiger partial charge in [-0.15, -0.1) is 0 Å². The Balaban J connectivity index is 1.39. The minimum absolute atomic E-state index is 0.143. The fourth-order valence-electron chi connectivity index (χ4n) is 8.38. The van der Waals surface area contributed by atoms with E-state index in [4.69, 9.17) is 0 Å². The number of anilines is 6. The lowest BCUT2D eigenvalue weighted by Gasteiger charge is -2.44. The molecule has 2 aliphatic heterocycles. The molecule has 0 bridgehead atoms. The second-order valence-corrected chi connectivity index (χ2v) is 14.5. The van der Waals surface area contributed by atoms with Crippen LogP contribution < -0.4 is 26.2 Å². The predicted octanol–water partition coefficient (Wildman–Crippen LogP) is 11.5. The van der Waals surface area contributed by atoms with Crippen LogP contribution in [0.25, 0.3) is 11.1 Å². The number of nitrogens with zero attached hydrogens (tertiary/aromatic N) is 2. The molecule has 2 aliphatic rings. The van der Waals surface area contributed by atoms with E-state index in [9.17, 15) is 0 Å². The monoisotopic (exact) mass is 664 g/mol. The molecule has 0 fully saturated rings. The van der Waals surface area contributed by atoms with Gasteiger partial charge in [0.2, 0.25) is 0 Å². The summed E-state index contributed by atoms with van der Waals surface area (Å²) < 4.78 is 0. The molecule has 0 aliphatic carbocycles. The van der Waals surface area contributed by atoms with Crippen molar-refractivity contribution in [3.05, 3.63) is 150 Å². The van der Waals surface area contributed by atoms with Crippen molar-refractivity contribution in [2.24, 2.45) is 0 Å². The van der Waals surface area contributed by atoms with Gasteiger partial charge in [-0.1, -0.05) is 131 Å². The lowest BCUT2D eigenvalue weighted by atomic mass is 9.33. The first-order chi connectivity index (χ1) is 25.2. The van der Waals surface area contributed by atoms with Crippen molar-refractivity contribution in [2.45, 2.75) is 78.6 Å². The maximum atomic E-state index is 2.56. The quantitative estimate of drug-likeness (QED) is 0.120. The molecule has 0 unspecified atom stereocenters. The second kappa shape index (κ2) is 14.7. The summed E-state index contributed by atoms with van der Waals surface area (Å²) in [7, 11) is 0. The Labute approximate surface area is 305 Å². The van der Waals surface area contributed by atoms with E-state index in [1.807, 2.05) is 0 Å². The van der Waals surface area contributed by atoms with Gasteiger partial charge in [0.15, 0.2) is 0 Å². The van der Waals surface area contributed by atoms with Crippen LogP contribution in [0.2, 0.25) is 0 Å². The summed E-state index contributed by atoms with van der Waals surface area (Å²) in [5, 5.41) is 0. The molecule has 0 atom stereocenters. The molecule has 0 amide bonds. The first-order valence-electron chi connectivity index (χ1n) is 19.4. The predicted molar refractivity (Wildman–Crippen MR) is 222 cm³/mol. The van der Waals surface area contributed by atoms with Gasteiger partial charge in [-0.2, -0.15) is 0 Å². The summed E-state index contributed by atoms with van der Waals surface area (Å²) >= 11 is 0. The SMILES string of the molecule is CCCCc1ccc(N2c3ccc(CCCC)cc3B3c4cc(CCCC)ccc4N(c4ccccc4-c4ccccc4)c4cccc2c43)cc1. The Hall–Kier alpha value is -5.02. The average molecular weight is 665 g/mol. The van der Waals surface area contributed by atoms with E-state index in [-0.39, 0.29) is 6.71 Å². The van der Waals surface area contributed by atoms with E-state index in [1.54, 1.807) is 0 Å². The van der Waals surface area contributed by atoms with Gasteiger partial charge in [0, 0.05) is 34.0 Å². The van der Waals surface area contributed by atoms with Crippen molar-refractivity contribution < 1.29 is 0 Å². The molecular formula is C48H49BN2. The summed E-state index contributed by atoms with van der Waals surface area (Å²) in [6.07, 6.45) is 10.6. The van der Waals surface area contributed by atoms with Crippen LogP contribution in [0.15, 0.2) is 133 Å². The molecule has 0 saturated carbocycles. The van der Waals surface area contributed by atoms with Crippen molar-refractivity contribution in [1.82, 2.24) is 0 Å². The van der Waals surface area contributed by atoms with Gasteiger partial charge in [-0.25, -0.2) is 0 Å². The van der Waals surface area contributed by atoms with Crippen molar-refractivity contribution in [2.75, 3.05) is 9.80 Å². The zero-order valence-electron chi connectivity index (χ0n) is 30.5. The van der Waals surface area contributed by atoms with Crippen molar-refractivity contribution in [3.63, 3.8) is 0 Å². The molecule has 3 heteroatoms. The number of para-hydroxylation sites is 1. The van der Waals surface area contributed by atoms with Gasteiger partial charge in [-0.05, 0) is 120 Å². The Bertz CT molecular complexity index is 2130. The maximum Gasteiger partial charge on any atom is 0.252 e. The number of benzene rings is 6. The smallest absolute Gasteiger partial charge is 0.252 e. The number of aryl methyl sites for hydroxylation is 3. The fourth-order valence-corrected chi connectivity index (χ4v) is 8.38. The highest BCUT2D eigenvalue weighted by Crippen LogP contribution is 2.46. The van der Waals surface area contributed by atoms with Crippen LogP contribution in [-0.4, -0.2) is 6.71 Å². The second-order valence-electron chi connectivity index (χ2n) is 14.5. The van der Waals surface area contributed by atoms with Gasteiger partial charge in [0.05, 0.1) is 5.69 Å². The summed E-state index contributed by atoms with van der Waals surface area (Å²) in [4.78, 5) is 5.11. The minimum Gasteiger partial charge on any atom is -0.311 e. The van der Waals surface area contributed by atoms with Crippen LogP contribution in [0, 0.1) is 0 Å². The highest BCUT2D eigenvalue weighted by Gasteiger charge is 2.43. The van der Waals surface area contributed by atoms with Crippen molar-refractivity contribution in [3.8, 4) is 11.1 Å². The van der Waals surface area contributed by atoms with Gasteiger partial charge in [0.25, 0.3) is 6.71 Å². The summed E-state index contributed by atoms with van der Waals surface area (Å²) in [6.45, 7) is 7.01. The normalized spacial score (nSPS) is 12.8. The van der Waals surface area contributed by atoms with E-state index in [0.717, 1.165) is 19.3 Å². The Morgan fingerprint density at radius 2 is 0.941 bits per heavy atom. The first-order valence-corrected chi connectivity index (χ1v) is 19.4. The van der Waals surface area contributed by atoms with Crippen LogP contribution in [-0.2, 0) is 19.3 Å². The Morgan fingerprint density at radius 3 is 1.57 bits per heavy atom. The van der Waals surface area contributed by atoms with Crippen LogP contribution in [0.3, 0.4) is 0 Å². The Morgan fingerprint density at radius 1 is 0.431 bits per heavy atom. The zero-order chi connectivity index (χ0) is 34.7. The Kier molecular flexibility index (Phi) is 9.54. The van der Waals surface area contributed by atoms with Gasteiger partial charge < -0.3 is 9.80 Å². The maximum absolute atomic E-state index is 2.56. The topological polar surface area (TPSA) is 6.48 Å². The summed E-state index contributed by atoms with van der Waals surface area (Å²) in [5.74, 6) is 0. The van der Waals surface area contributed by atoms with E-state index >= 15 is 0 Å². The number of fused-ring (bicyclic) bond motifs is 4. The van der Waals surface area contributed by atoms with Crippen LogP contribution in [0.4, 0.5) is 34.1 Å². The molecule has 6 aromatic rings. The molecule has 0 radical (unpaired) electrons. The van der Waals surface area contributed by atoms with E-state index in [1.165, 1.54) is 117 Å². The highest BCUT2D eigenvalue weighted by atomic mass is 15.2. The lowest BCUT2D eigenvalue weighted by molar-refractivity contribution is 0.795. The molecule has 51 heavy (non-hydrogen) atoms. The number of rotatable bonds is 12. The van der Waals surface area contributed by atoms with Crippen molar-refractivity contribution >= 4 is 57.2 Å². The van der Waals surface area contributed by atoms with Gasteiger partial charge in [0.1, 0.15) is 0 Å².